The van der Waals surface area contributed by atoms with Crippen molar-refractivity contribution in [1.82, 2.24) is 10.2 Å². The van der Waals surface area contributed by atoms with Gasteiger partial charge >= 0.3 is 6.09 Å². The molecular weight excluding hydrogens is 414 g/mol. The van der Waals surface area contributed by atoms with Crippen molar-refractivity contribution in [3.63, 3.8) is 0 Å². The molecule has 0 radical (unpaired) electrons. The summed E-state index contributed by atoms with van der Waals surface area (Å²) in [6.45, 7) is 10.7. The van der Waals surface area contributed by atoms with Crippen LogP contribution in [0, 0.1) is 5.92 Å². The highest BCUT2D eigenvalue weighted by Gasteiger charge is 2.37. The Labute approximate surface area is 196 Å². The number of alkyl carbamates (subject to hydrolysis) is 1. The van der Waals surface area contributed by atoms with Gasteiger partial charge in [-0.25, -0.2) is 4.79 Å². The predicted octanol–water partition coefficient (Wildman–Crippen LogP) is 4.25. The van der Waals surface area contributed by atoms with Gasteiger partial charge in [-0.15, -0.1) is 0 Å². The molecule has 6 nitrogen and oxygen atoms in total. The molecule has 176 valence electrons. The lowest BCUT2D eigenvalue weighted by Gasteiger charge is -2.44. The molecule has 6 heteroatoms. The topological polar surface area (TPSA) is 54.0 Å². The van der Waals surface area contributed by atoms with E-state index in [1.807, 2.05) is 13.8 Å². The van der Waals surface area contributed by atoms with Crippen molar-refractivity contribution in [1.29, 1.82) is 0 Å². The summed E-state index contributed by atoms with van der Waals surface area (Å²) >= 11 is 0. The predicted molar refractivity (Wildman–Crippen MR) is 131 cm³/mol. The fourth-order valence-corrected chi connectivity index (χ4v) is 5.30. The van der Waals surface area contributed by atoms with Crippen molar-refractivity contribution in [3.8, 4) is 11.1 Å². The maximum absolute atomic E-state index is 12.7. The van der Waals surface area contributed by atoms with Gasteiger partial charge in [0.25, 0.3) is 0 Å². The van der Waals surface area contributed by atoms with Crippen LogP contribution in [0.4, 0.5) is 10.5 Å². The molecule has 33 heavy (non-hydrogen) atoms. The number of nitrogens with one attached hydrogen (secondary N) is 1. The standard InChI is InChI=1S/C27H35N3O3/c1-27(2,28-26(31)33-25-19-29-13-11-22(25)12-14-29)23-7-3-20(4-8-23)21-5-9-24(10-6-21)30-15-17-32-18-16-30/h3-10,22,25H,11-19H2,1-2H3,(H,28,31). The van der Waals surface area contributed by atoms with Crippen molar-refractivity contribution < 1.29 is 14.3 Å². The largest absolute Gasteiger partial charge is 0.445 e. The highest BCUT2D eigenvalue weighted by molar-refractivity contribution is 5.70. The highest BCUT2D eigenvalue weighted by atomic mass is 16.6. The summed E-state index contributed by atoms with van der Waals surface area (Å²) in [7, 11) is 0. The van der Waals surface area contributed by atoms with Gasteiger partial charge in [0.1, 0.15) is 6.10 Å². The van der Waals surface area contributed by atoms with Gasteiger partial charge in [0.15, 0.2) is 0 Å². The number of benzene rings is 2. The Morgan fingerprint density at radius 1 is 0.939 bits per heavy atom. The lowest BCUT2D eigenvalue weighted by molar-refractivity contribution is -0.0349. The van der Waals surface area contributed by atoms with Crippen LogP contribution in [0.1, 0.15) is 32.3 Å². The maximum Gasteiger partial charge on any atom is 0.408 e. The monoisotopic (exact) mass is 449 g/mol. The summed E-state index contributed by atoms with van der Waals surface area (Å²) in [6.07, 6.45) is 1.97. The first-order valence-electron chi connectivity index (χ1n) is 12.2. The first kappa shape index (κ1) is 22.2. The number of rotatable bonds is 5. The van der Waals surface area contributed by atoms with E-state index in [4.69, 9.17) is 9.47 Å². The molecule has 2 bridgehead atoms. The molecule has 1 unspecified atom stereocenters. The average Bonchev–Trinajstić information content (AvgIpc) is 2.85. The molecule has 1 N–H and O–H groups in total. The minimum atomic E-state index is -0.510. The Morgan fingerprint density at radius 2 is 1.55 bits per heavy atom. The number of hydrogen-bond acceptors (Lipinski definition) is 5. The number of amides is 1. The number of fused-ring (bicyclic) bond motifs is 3. The van der Waals surface area contributed by atoms with Crippen LogP contribution in [-0.2, 0) is 15.0 Å². The molecule has 0 aliphatic carbocycles. The number of carbonyl (C=O) groups excluding carboxylic acids is 1. The molecule has 4 saturated heterocycles. The Kier molecular flexibility index (Phi) is 6.30. The fourth-order valence-electron chi connectivity index (χ4n) is 5.30. The zero-order valence-corrected chi connectivity index (χ0v) is 19.8. The summed E-state index contributed by atoms with van der Waals surface area (Å²) in [5, 5.41) is 3.09. The number of carbonyl (C=O) groups is 1. The third kappa shape index (κ3) is 5.02. The summed E-state index contributed by atoms with van der Waals surface area (Å²) in [5.41, 5.74) is 4.14. The summed E-state index contributed by atoms with van der Waals surface area (Å²) in [4.78, 5) is 17.4. The normalized spacial score (nSPS) is 25.0. The van der Waals surface area contributed by atoms with Gasteiger partial charge in [-0.1, -0.05) is 36.4 Å². The van der Waals surface area contributed by atoms with Crippen molar-refractivity contribution in [3.05, 3.63) is 54.1 Å². The van der Waals surface area contributed by atoms with Gasteiger partial charge in [-0.3, -0.25) is 4.90 Å². The highest BCUT2D eigenvalue weighted by Crippen LogP contribution is 2.31. The van der Waals surface area contributed by atoms with Crippen LogP contribution in [0.5, 0.6) is 0 Å². The SMILES string of the molecule is CC(C)(NC(=O)OC1CN2CCC1CC2)c1ccc(-c2ccc(N3CCOCC3)cc2)cc1. The van der Waals surface area contributed by atoms with Gasteiger partial charge in [-0.05, 0) is 74.5 Å². The number of hydrogen-bond donors (Lipinski definition) is 1. The minimum absolute atomic E-state index is 0.0195. The summed E-state index contributed by atoms with van der Waals surface area (Å²) in [6, 6.07) is 17.2. The van der Waals surface area contributed by atoms with Gasteiger partial charge < -0.3 is 19.7 Å². The number of ether oxygens (including phenoxy) is 2. The number of morpholine rings is 1. The van der Waals surface area contributed by atoms with Crippen molar-refractivity contribution >= 4 is 11.8 Å². The zero-order chi connectivity index (χ0) is 22.8. The molecule has 1 atom stereocenters. The molecule has 6 rings (SSSR count). The van der Waals surface area contributed by atoms with E-state index >= 15 is 0 Å². The van der Waals surface area contributed by atoms with Gasteiger partial charge in [-0.2, -0.15) is 0 Å². The lowest BCUT2D eigenvalue weighted by Crippen LogP contribution is -2.53. The van der Waals surface area contributed by atoms with Crippen LogP contribution in [-0.4, -0.2) is 63.0 Å². The molecule has 4 heterocycles. The van der Waals surface area contributed by atoms with Gasteiger partial charge in [0.2, 0.25) is 0 Å². The third-order valence-corrected chi connectivity index (χ3v) is 7.45. The van der Waals surface area contributed by atoms with E-state index in [1.54, 1.807) is 0 Å². The fraction of sp³-hybridized carbons (Fsp3) is 0.519. The molecule has 0 spiro atoms. The van der Waals surface area contributed by atoms with E-state index < -0.39 is 5.54 Å². The first-order chi connectivity index (χ1) is 16.0. The summed E-state index contributed by atoms with van der Waals surface area (Å²) < 4.78 is 11.3. The van der Waals surface area contributed by atoms with E-state index in [9.17, 15) is 4.79 Å². The second kappa shape index (κ2) is 9.35. The van der Waals surface area contributed by atoms with Crippen LogP contribution in [0.2, 0.25) is 0 Å². The number of anilines is 1. The second-order valence-electron chi connectivity index (χ2n) is 10.1. The molecule has 4 aliphatic rings. The van der Waals surface area contributed by atoms with Crippen molar-refractivity contribution in [2.24, 2.45) is 5.92 Å². The van der Waals surface area contributed by atoms with E-state index in [-0.39, 0.29) is 12.2 Å². The van der Waals surface area contributed by atoms with Crippen LogP contribution in [0.25, 0.3) is 11.1 Å². The summed E-state index contributed by atoms with van der Waals surface area (Å²) in [5.74, 6) is 0.512. The van der Waals surface area contributed by atoms with E-state index in [0.717, 1.165) is 69.9 Å². The number of nitrogens with zero attached hydrogens (tertiary/aromatic N) is 2. The molecule has 1 amide bonds. The maximum atomic E-state index is 12.7. The Hall–Kier alpha value is -2.57. The molecule has 2 aromatic carbocycles. The van der Waals surface area contributed by atoms with E-state index in [0.29, 0.717) is 5.92 Å². The smallest absolute Gasteiger partial charge is 0.408 e. The Bertz CT molecular complexity index is 944. The average molecular weight is 450 g/mol. The zero-order valence-electron chi connectivity index (χ0n) is 19.8. The van der Waals surface area contributed by atoms with Gasteiger partial charge in [0, 0.05) is 25.3 Å². The Morgan fingerprint density at radius 3 is 2.12 bits per heavy atom. The first-order valence-corrected chi connectivity index (χ1v) is 12.2. The minimum Gasteiger partial charge on any atom is -0.445 e. The molecule has 0 aromatic heterocycles. The van der Waals surface area contributed by atoms with Crippen molar-refractivity contribution in [2.45, 2.75) is 38.3 Å². The second-order valence-corrected chi connectivity index (χ2v) is 10.1. The molecule has 0 saturated carbocycles. The van der Waals surface area contributed by atoms with E-state index in [2.05, 4.69) is 63.6 Å². The molecule has 4 fully saturated rings. The third-order valence-electron chi connectivity index (χ3n) is 7.45. The quantitative estimate of drug-likeness (QED) is 0.740. The van der Waals surface area contributed by atoms with Crippen LogP contribution in [0.15, 0.2) is 48.5 Å². The molecule has 4 aliphatic heterocycles. The lowest BCUT2D eigenvalue weighted by atomic mass is 9.86. The van der Waals surface area contributed by atoms with Crippen LogP contribution < -0.4 is 10.2 Å². The number of piperidine rings is 3. The van der Waals surface area contributed by atoms with Crippen molar-refractivity contribution in [2.75, 3.05) is 50.8 Å². The van der Waals surface area contributed by atoms with E-state index in [1.165, 1.54) is 11.3 Å². The van der Waals surface area contributed by atoms with Crippen LogP contribution in [0.3, 0.4) is 0 Å². The van der Waals surface area contributed by atoms with Gasteiger partial charge in [0.05, 0.1) is 18.8 Å². The Balaban J connectivity index is 1.20. The molecular formula is C27H35N3O3. The molecule has 2 aromatic rings. The van der Waals surface area contributed by atoms with Crippen LogP contribution >= 0.6 is 0 Å².